The smallest absolute Gasteiger partial charge is 0.323 e. The number of nitrogens with zero attached hydrogens (tertiary/aromatic N) is 2. The minimum atomic E-state index is -1.09. The van der Waals surface area contributed by atoms with Gasteiger partial charge >= 0.3 is 5.97 Å². The third kappa shape index (κ3) is 2.86. The maximum Gasteiger partial charge on any atom is 0.323 e. The van der Waals surface area contributed by atoms with E-state index in [0.717, 1.165) is 0 Å². The first kappa shape index (κ1) is 15.8. The van der Waals surface area contributed by atoms with Gasteiger partial charge < -0.3 is 14.6 Å². The van der Waals surface area contributed by atoms with Gasteiger partial charge in [0.25, 0.3) is 11.5 Å². The summed E-state index contributed by atoms with van der Waals surface area (Å²) in [5.41, 5.74) is 0.562. The van der Waals surface area contributed by atoms with E-state index in [9.17, 15) is 14.4 Å². The summed E-state index contributed by atoms with van der Waals surface area (Å²) < 4.78 is 1.46. The minimum absolute atomic E-state index is 0.230. The van der Waals surface area contributed by atoms with Crippen molar-refractivity contribution in [3.8, 4) is 0 Å². The molecule has 0 aliphatic carbocycles. The van der Waals surface area contributed by atoms with E-state index >= 15 is 0 Å². The summed E-state index contributed by atoms with van der Waals surface area (Å²) in [6.07, 6.45) is 0. The summed E-state index contributed by atoms with van der Waals surface area (Å²) in [5, 5.41) is 9.61. The largest absolute Gasteiger partial charge is 0.480 e. The first-order valence-electron chi connectivity index (χ1n) is 6.94. The molecule has 1 aromatic heterocycles. The number of pyridine rings is 1. The third-order valence-electron chi connectivity index (χ3n) is 3.57. The summed E-state index contributed by atoms with van der Waals surface area (Å²) in [4.78, 5) is 37.0. The second kappa shape index (κ2) is 6.01. The van der Waals surface area contributed by atoms with Crippen LogP contribution in [-0.4, -0.2) is 39.0 Å². The van der Waals surface area contributed by atoms with Crippen molar-refractivity contribution in [2.24, 2.45) is 7.05 Å². The van der Waals surface area contributed by atoms with Crippen molar-refractivity contribution in [2.45, 2.75) is 19.9 Å². The van der Waals surface area contributed by atoms with Crippen molar-refractivity contribution < 1.29 is 14.7 Å². The first-order chi connectivity index (χ1) is 10.3. The lowest BCUT2D eigenvalue weighted by molar-refractivity contribution is -0.138. The number of rotatable bonds is 4. The molecule has 6 nitrogen and oxygen atoms in total. The van der Waals surface area contributed by atoms with Gasteiger partial charge in [-0.2, -0.15) is 0 Å². The van der Waals surface area contributed by atoms with Crippen LogP contribution in [0.1, 0.15) is 24.2 Å². The van der Waals surface area contributed by atoms with Gasteiger partial charge in [0.15, 0.2) is 0 Å². The Labute approximate surface area is 127 Å². The highest BCUT2D eigenvalue weighted by atomic mass is 16.4. The Hall–Kier alpha value is -2.63. The van der Waals surface area contributed by atoms with E-state index in [1.807, 2.05) is 0 Å². The normalized spacial score (nSPS) is 10.9. The highest BCUT2D eigenvalue weighted by Crippen LogP contribution is 2.18. The van der Waals surface area contributed by atoms with Gasteiger partial charge in [0.1, 0.15) is 6.54 Å². The second-order valence-corrected chi connectivity index (χ2v) is 5.39. The highest BCUT2D eigenvalue weighted by Gasteiger charge is 2.23. The molecule has 1 N–H and O–H groups in total. The Morgan fingerprint density at radius 1 is 1.27 bits per heavy atom. The molecule has 116 valence electrons. The van der Waals surface area contributed by atoms with E-state index in [0.29, 0.717) is 10.9 Å². The Bertz CT molecular complexity index is 792. The number of fused-ring (bicyclic) bond motifs is 1. The van der Waals surface area contributed by atoms with E-state index in [2.05, 4.69) is 0 Å². The monoisotopic (exact) mass is 302 g/mol. The minimum Gasteiger partial charge on any atom is -0.480 e. The van der Waals surface area contributed by atoms with Crippen molar-refractivity contribution in [3.05, 3.63) is 46.2 Å². The molecule has 0 atom stereocenters. The number of carboxylic acids is 1. The van der Waals surface area contributed by atoms with E-state index in [4.69, 9.17) is 5.11 Å². The number of aliphatic carboxylic acids is 1. The molecule has 0 aliphatic rings. The molecule has 0 fully saturated rings. The van der Waals surface area contributed by atoms with Gasteiger partial charge in [-0.05, 0) is 19.9 Å². The van der Waals surface area contributed by atoms with Crippen LogP contribution in [0.4, 0.5) is 0 Å². The summed E-state index contributed by atoms with van der Waals surface area (Å²) in [6.45, 7) is 3.08. The van der Waals surface area contributed by atoms with Gasteiger partial charge in [-0.3, -0.25) is 14.4 Å². The lowest BCUT2D eigenvalue weighted by Crippen LogP contribution is -2.41. The molecule has 0 bridgehead atoms. The lowest BCUT2D eigenvalue weighted by Gasteiger charge is -2.25. The number of hydrogen-bond donors (Lipinski definition) is 1. The average molecular weight is 302 g/mol. The molecule has 1 amide bonds. The zero-order chi connectivity index (χ0) is 16.4. The van der Waals surface area contributed by atoms with Crippen LogP contribution in [0.15, 0.2) is 35.1 Å². The molecular formula is C16H18N2O4. The quantitative estimate of drug-likeness (QED) is 0.927. The van der Waals surface area contributed by atoms with Crippen LogP contribution >= 0.6 is 0 Å². The van der Waals surface area contributed by atoms with E-state index in [-0.39, 0.29) is 17.2 Å². The van der Waals surface area contributed by atoms with Crippen LogP contribution < -0.4 is 5.56 Å². The summed E-state index contributed by atoms with van der Waals surface area (Å²) in [6, 6.07) is 8.05. The van der Waals surface area contributed by atoms with Gasteiger partial charge in [0.05, 0.1) is 11.1 Å². The Morgan fingerprint density at radius 3 is 2.50 bits per heavy atom. The van der Waals surface area contributed by atoms with E-state index in [1.165, 1.54) is 15.5 Å². The molecule has 0 radical (unpaired) electrons. The Morgan fingerprint density at radius 2 is 1.91 bits per heavy atom. The van der Waals surface area contributed by atoms with Crippen molar-refractivity contribution >= 4 is 22.8 Å². The zero-order valence-electron chi connectivity index (χ0n) is 12.7. The predicted molar refractivity (Wildman–Crippen MR) is 83.0 cm³/mol. The first-order valence-corrected chi connectivity index (χ1v) is 6.94. The van der Waals surface area contributed by atoms with Crippen LogP contribution in [0.25, 0.3) is 10.9 Å². The number of benzene rings is 1. The van der Waals surface area contributed by atoms with Crippen molar-refractivity contribution in [1.82, 2.24) is 9.47 Å². The van der Waals surface area contributed by atoms with Gasteiger partial charge in [0.2, 0.25) is 0 Å². The number of carbonyl (C=O) groups excluding carboxylic acids is 1. The SMILES string of the molecule is CC(C)N(CC(=O)O)C(=O)c1cc(=O)n(C)c2ccccc12. The van der Waals surface area contributed by atoms with Gasteiger partial charge in [-0.25, -0.2) is 0 Å². The zero-order valence-corrected chi connectivity index (χ0v) is 12.7. The number of para-hydroxylation sites is 1. The molecule has 1 aromatic carbocycles. The number of amides is 1. The number of carbonyl (C=O) groups is 2. The van der Waals surface area contributed by atoms with Gasteiger partial charge in [0, 0.05) is 24.5 Å². The standard InChI is InChI=1S/C16H18N2O4/c1-10(2)18(9-15(20)21)16(22)12-8-14(19)17(3)13-7-5-4-6-11(12)13/h4-8,10H,9H2,1-3H3,(H,20,21). The van der Waals surface area contributed by atoms with Gasteiger partial charge in [-0.1, -0.05) is 18.2 Å². The average Bonchev–Trinajstić information content (AvgIpc) is 2.47. The Balaban J connectivity index is 2.63. The topological polar surface area (TPSA) is 79.6 Å². The maximum atomic E-state index is 12.7. The van der Waals surface area contributed by atoms with Crippen LogP contribution in [0.3, 0.4) is 0 Å². The number of aromatic nitrogens is 1. The molecular weight excluding hydrogens is 284 g/mol. The number of hydrogen-bond acceptors (Lipinski definition) is 3. The highest BCUT2D eigenvalue weighted by molar-refractivity contribution is 6.06. The molecule has 0 saturated carbocycles. The molecule has 22 heavy (non-hydrogen) atoms. The van der Waals surface area contributed by atoms with Gasteiger partial charge in [-0.15, -0.1) is 0 Å². The van der Waals surface area contributed by atoms with E-state index in [1.54, 1.807) is 45.2 Å². The fraction of sp³-hybridized carbons (Fsp3) is 0.312. The fourth-order valence-electron chi connectivity index (χ4n) is 2.38. The summed E-state index contributed by atoms with van der Waals surface area (Å²) in [5.74, 6) is -1.54. The molecule has 2 aromatic rings. The Kier molecular flexibility index (Phi) is 4.30. The number of carboxylic acid groups (broad SMARTS) is 1. The molecule has 2 rings (SSSR count). The summed E-state index contributed by atoms with van der Waals surface area (Å²) in [7, 11) is 1.64. The van der Waals surface area contributed by atoms with Crippen LogP contribution in [0, 0.1) is 0 Å². The molecule has 1 heterocycles. The molecule has 0 unspecified atom stereocenters. The molecule has 0 aliphatic heterocycles. The van der Waals surface area contributed by atoms with Crippen molar-refractivity contribution in [1.29, 1.82) is 0 Å². The van der Waals surface area contributed by atoms with Crippen molar-refractivity contribution in [2.75, 3.05) is 6.54 Å². The van der Waals surface area contributed by atoms with Crippen LogP contribution in [0.2, 0.25) is 0 Å². The summed E-state index contributed by atoms with van der Waals surface area (Å²) >= 11 is 0. The molecule has 6 heteroatoms. The lowest BCUT2D eigenvalue weighted by atomic mass is 10.1. The second-order valence-electron chi connectivity index (χ2n) is 5.39. The van der Waals surface area contributed by atoms with E-state index < -0.39 is 18.4 Å². The third-order valence-corrected chi connectivity index (χ3v) is 3.57. The molecule has 0 spiro atoms. The molecule has 0 saturated heterocycles. The maximum absolute atomic E-state index is 12.7. The number of aryl methyl sites for hydroxylation is 1. The van der Waals surface area contributed by atoms with Crippen LogP contribution in [0.5, 0.6) is 0 Å². The predicted octanol–water partition coefficient (Wildman–Crippen LogP) is 1.47. The fourth-order valence-corrected chi connectivity index (χ4v) is 2.38. The van der Waals surface area contributed by atoms with Crippen LogP contribution in [-0.2, 0) is 11.8 Å². The van der Waals surface area contributed by atoms with Crippen molar-refractivity contribution in [3.63, 3.8) is 0 Å².